The summed E-state index contributed by atoms with van der Waals surface area (Å²) in [6.07, 6.45) is 4.40. The Kier molecular flexibility index (Phi) is 3.53. The lowest BCUT2D eigenvalue weighted by Gasteiger charge is -2.64. The predicted molar refractivity (Wildman–Crippen MR) is 90.3 cm³/mol. The van der Waals surface area contributed by atoms with Gasteiger partial charge in [0.25, 0.3) is 0 Å². The number of rotatable bonds is 3. The van der Waals surface area contributed by atoms with Crippen LogP contribution in [0, 0.1) is 11.8 Å². The molecule has 5 rings (SSSR count). The van der Waals surface area contributed by atoms with E-state index in [1.165, 1.54) is 12.0 Å². The Bertz CT molecular complexity index is 628. The van der Waals surface area contributed by atoms with Crippen molar-refractivity contribution >= 4 is 5.97 Å². The van der Waals surface area contributed by atoms with Crippen molar-refractivity contribution in [2.24, 2.45) is 11.8 Å². The molecule has 0 aromatic heterocycles. The summed E-state index contributed by atoms with van der Waals surface area (Å²) in [6, 6.07) is 9.91. The fourth-order valence-corrected chi connectivity index (χ4v) is 5.91. The molecule has 0 radical (unpaired) electrons. The van der Waals surface area contributed by atoms with Crippen molar-refractivity contribution in [2.75, 3.05) is 13.7 Å². The Labute approximate surface area is 139 Å². The van der Waals surface area contributed by atoms with E-state index in [1.807, 2.05) is 6.92 Å². The Morgan fingerprint density at radius 1 is 1.30 bits per heavy atom. The van der Waals surface area contributed by atoms with Gasteiger partial charge in [-0.1, -0.05) is 31.2 Å². The Morgan fingerprint density at radius 2 is 2.09 bits per heavy atom. The van der Waals surface area contributed by atoms with Gasteiger partial charge in [-0.25, -0.2) is 0 Å². The van der Waals surface area contributed by atoms with Gasteiger partial charge in [-0.3, -0.25) is 9.69 Å². The lowest BCUT2D eigenvalue weighted by molar-refractivity contribution is -0.165. The number of piperidine rings is 2. The quantitative estimate of drug-likeness (QED) is 0.803. The van der Waals surface area contributed by atoms with Crippen LogP contribution in [0.15, 0.2) is 24.3 Å². The van der Waals surface area contributed by atoms with Gasteiger partial charge in [0.1, 0.15) is 0 Å². The fourth-order valence-electron chi connectivity index (χ4n) is 5.91. The summed E-state index contributed by atoms with van der Waals surface area (Å²) in [7, 11) is 2.22. The second-order valence-electron chi connectivity index (χ2n) is 7.58. The number of likely N-dealkylation sites (N-methyl/N-ethyl adjacent to an activating group) is 1. The average Bonchev–Trinajstić information content (AvgIpc) is 2.58. The fraction of sp³-hybridized carbons (Fsp3) is 0.650. The molecular weight excluding hydrogens is 286 g/mol. The molecule has 1 aromatic carbocycles. The van der Waals surface area contributed by atoms with E-state index in [0.717, 1.165) is 19.3 Å². The zero-order chi connectivity index (χ0) is 16.2. The van der Waals surface area contributed by atoms with Gasteiger partial charge in [-0.05, 0) is 56.7 Å². The van der Waals surface area contributed by atoms with Gasteiger partial charge in [-0.15, -0.1) is 0 Å². The summed E-state index contributed by atoms with van der Waals surface area (Å²) < 4.78 is 5.37. The SMILES string of the molecule is CCOC(=O)[C@H]1CC2C3Cc4ccccc4[C@@]2(CC)CC1N3C. The zero-order valence-corrected chi connectivity index (χ0v) is 14.4. The monoisotopic (exact) mass is 313 g/mol. The van der Waals surface area contributed by atoms with Crippen LogP contribution >= 0.6 is 0 Å². The molecule has 3 fully saturated rings. The molecule has 3 heteroatoms. The van der Waals surface area contributed by atoms with E-state index in [4.69, 9.17) is 4.74 Å². The van der Waals surface area contributed by atoms with Crippen molar-refractivity contribution in [2.45, 2.75) is 57.0 Å². The van der Waals surface area contributed by atoms with E-state index in [-0.39, 0.29) is 17.3 Å². The van der Waals surface area contributed by atoms with Gasteiger partial charge in [0.05, 0.1) is 12.5 Å². The number of esters is 1. The number of benzene rings is 1. The molecule has 2 aliphatic heterocycles. The summed E-state index contributed by atoms with van der Waals surface area (Å²) in [5.74, 6) is 0.657. The number of carbonyl (C=O) groups is 1. The highest BCUT2D eigenvalue weighted by Gasteiger charge is 2.61. The van der Waals surface area contributed by atoms with Crippen molar-refractivity contribution in [3.63, 3.8) is 0 Å². The summed E-state index contributed by atoms with van der Waals surface area (Å²) in [5, 5.41) is 0. The summed E-state index contributed by atoms with van der Waals surface area (Å²) in [6.45, 7) is 4.72. The van der Waals surface area contributed by atoms with E-state index in [2.05, 4.69) is 43.1 Å². The Morgan fingerprint density at radius 3 is 2.83 bits per heavy atom. The van der Waals surface area contributed by atoms with Crippen LogP contribution in [0.4, 0.5) is 0 Å². The smallest absolute Gasteiger partial charge is 0.310 e. The molecule has 1 saturated carbocycles. The molecule has 23 heavy (non-hydrogen) atoms. The molecule has 0 amide bonds. The summed E-state index contributed by atoms with van der Waals surface area (Å²) in [4.78, 5) is 14.9. The van der Waals surface area contributed by atoms with Crippen LogP contribution in [0.2, 0.25) is 0 Å². The Balaban J connectivity index is 1.76. The van der Waals surface area contributed by atoms with Crippen LogP contribution in [-0.4, -0.2) is 36.6 Å². The van der Waals surface area contributed by atoms with Crippen LogP contribution in [0.3, 0.4) is 0 Å². The predicted octanol–water partition coefficient (Wildman–Crippen LogP) is 3.16. The molecule has 2 heterocycles. The molecule has 5 atom stereocenters. The number of ether oxygens (including phenoxy) is 1. The summed E-state index contributed by atoms with van der Waals surface area (Å²) >= 11 is 0. The largest absolute Gasteiger partial charge is 0.466 e. The number of carbonyl (C=O) groups excluding carboxylic acids is 1. The maximum Gasteiger partial charge on any atom is 0.310 e. The number of fused-ring (bicyclic) bond motifs is 2. The molecule has 2 aliphatic carbocycles. The summed E-state index contributed by atoms with van der Waals surface area (Å²) in [5.41, 5.74) is 3.35. The van der Waals surface area contributed by atoms with Crippen molar-refractivity contribution in [1.29, 1.82) is 0 Å². The molecule has 3 nitrogen and oxygen atoms in total. The second-order valence-corrected chi connectivity index (χ2v) is 7.58. The molecule has 124 valence electrons. The lowest BCUT2D eigenvalue weighted by atomic mass is 9.48. The topological polar surface area (TPSA) is 29.5 Å². The number of nitrogens with zero attached hydrogens (tertiary/aromatic N) is 1. The highest BCUT2D eigenvalue weighted by Crippen LogP contribution is 2.59. The van der Waals surface area contributed by atoms with Crippen LogP contribution in [0.1, 0.15) is 44.2 Å². The van der Waals surface area contributed by atoms with Crippen LogP contribution < -0.4 is 0 Å². The minimum absolute atomic E-state index is 0.0198. The van der Waals surface area contributed by atoms with Gasteiger partial charge in [0.2, 0.25) is 0 Å². The first-order chi connectivity index (χ1) is 11.1. The van der Waals surface area contributed by atoms with Crippen LogP contribution in [-0.2, 0) is 21.4 Å². The molecule has 1 aromatic rings. The van der Waals surface area contributed by atoms with E-state index in [9.17, 15) is 4.79 Å². The normalized spacial score (nSPS) is 38.2. The third kappa shape index (κ3) is 1.95. The molecule has 4 bridgehead atoms. The number of hydrogen-bond donors (Lipinski definition) is 0. The first-order valence-corrected chi connectivity index (χ1v) is 9.09. The van der Waals surface area contributed by atoms with Crippen LogP contribution in [0.25, 0.3) is 0 Å². The van der Waals surface area contributed by atoms with Crippen molar-refractivity contribution in [1.82, 2.24) is 4.90 Å². The maximum absolute atomic E-state index is 12.4. The maximum atomic E-state index is 12.4. The molecule has 0 N–H and O–H groups in total. The standard InChI is InChI=1S/C20H27NO2/c1-4-20-12-18-14(19(22)23-5-2)11-16(20)17(21(18)3)10-13-8-6-7-9-15(13)20/h6-9,14,16-18H,4-5,10-12H2,1-3H3/t14-,16?,17?,18?,20+/m0/s1. The van der Waals surface area contributed by atoms with Crippen molar-refractivity contribution in [3.8, 4) is 0 Å². The molecule has 0 spiro atoms. The first kappa shape index (κ1) is 15.2. The van der Waals surface area contributed by atoms with Crippen LogP contribution in [0.5, 0.6) is 0 Å². The molecule has 4 aliphatic rings. The minimum Gasteiger partial charge on any atom is -0.466 e. The van der Waals surface area contributed by atoms with Crippen molar-refractivity contribution in [3.05, 3.63) is 35.4 Å². The van der Waals surface area contributed by atoms with Gasteiger partial charge in [0.15, 0.2) is 0 Å². The zero-order valence-electron chi connectivity index (χ0n) is 14.4. The van der Waals surface area contributed by atoms with E-state index in [1.54, 1.807) is 5.56 Å². The third-order valence-electron chi connectivity index (χ3n) is 6.97. The molecule has 3 unspecified atom stereocenters. The van der Waals surface area contributed by atoms with Crippen molar-refractivity contribution < 1.29 is 9.53 Å². The van der Waals surface area contributed by atoms with Gasteiger partial charge >= 0.3 is 5.97 Å². The average molecular weight is 313 g/mol. The third-order valence-corrected chi connectivity index (χ3v) is 6.97. The highest BCUT2D eigenvalue weighted by molar-refractivity contribution is 5.74. The van der Waals surface area contributed by atoms with Gasteiger partial charge < -0.3 is 4.74 Å². The first-order valence-electron chi connectivity index (χ1n) is 9.09. The molecular formula is C20H27NO2. The number of hydrogen-bond acceptors (Lipinski definition) is 3. The van der Waals surface area contributed by atoms with E-state index in [0.29, 0.717) is 24.6 Å². The Hall–Kier alpha value is -1.35. The lowest BCUT2D eigenvalue weighted by Crippen LogP contribution is -2.69. The molecule has 2 saturated heterocycles. The minimum atomic E-state index is 0.0198. The van der Waals surface area contributed by atoms with Gasteiger partial charge in [0, 0.05) is 17.5 Å². The van der Waals surface area contributed by atoms with E-state index >= 15 is 0 Å². The van der Waals surface area contributed by atoms with Gasteiger partial charge in [-0.2, -0.15) is 0 Å². The van der Waals surface area contributed by atoms with E-state index < -0.39 is 0 Å². The second kappa shape index (κ2) is 5.34. The highest BCUT2D eigenvalue weighted by atomic mass is 16.5.